The summed E-state index contributed by atoms with van der Waals surface area (Å²) in [7, 11) is 0. The maximum Gasteiger partial charge on any atom is -0.0279 e. The minimum absolute atomic E-state index is 1.23. The molecule has 0 bridgehead atoms. The van der Waals surface area contributed by atoms with Crippen molar-refractivity contribution in [3.8, 4) is 0 Å². The van der Waals surface area contributed by atoms with Gasteiger partial charge in [0, 0.05) is 0 Å². The van der Waals surface area contributed by atoms with Crippen molar-refractivity contribution in [3.63, 3.8) is 0 Å². The molecule has 0 heterocycles. The van der Waals surface area contributed by atoms with E-state index in [9.17, 15) is 0 Å². The first-order chi connectivity index (χ1) is 10.6. The molecule has 0 unspecified atom stereocenters. The second-order valence-electron chi connectivity index (χ2n) is 6.75. The first kappa shape index (κ1) is 16.8. The van der Waals surface area contributed by atoms with Gasteiger partial charge < -0.3 is 0 Å². The summed E-state index contributed by atoms with van der Waals surface area (Å²) in [5.74, 6) is 0. The Hall–Kier alpha value is -1.56. The Kier molecular flexibility index (Phi) is 6.24. The van der Waals surface area contributed by atoms with Gasteiger partial charge in [-0.15, -0.1) is 0 Å². The molecule has 0 amide bonds. The second kappa shape index (κ2) is 8.17. The summed E-state index contributed by atoms with van der Waals surface area (Å²) in [5.41, 5.74) is 8.64. The maximum atomic E-state index is 2.35. The van der Waals surface area contributed by atoms with Crippen molar-refractivity contribution in [2.75, 3.05) is 0 Å². The van der Waals surface area contributed by atoms with Gasteiger partial charge in [-0.1, -0.05) is 49.2 Å². The van der Waals surface area contributed by atoms with Crippen LogP contribution in [0.5, 0.6) is 0 Å². The topological polar surface area (TPSA) is 0 Å². The van der Waals surface area contributed by atoms with Crippen molar-refractivity contribution in [1.82, 2.24) is 0 Å². The molecule has 0 aliphatic heterocycles. The number of unbranched alkanes of at least 4 members (excludes halogenated alkanes) is 3. The molecule has 0 radical (unpaired) electrons. The highest BCUT2D eigenvalue weighted by Gasteiger charge is 1.99. The van der Waals surface area contributed by atoms with Crippen molar-refractivity contribution < 1.29 is 0 Å². The lowest BCUT2D eigenvalue weighted by atomic mass is 9.99. The number of aryl methyl sites for hydroxylation is 6. The van der Waals surface area contributed by atoms with Gasteiger partial charge in [0.25, 0.3) is 0 Å². The Morgan fingerprint density at radius 1 is 0.500 bits per heavy atom. The molecular formula is C22H30. The van der Waals surface area contributed by atoms with Crippen LogP contribution in [0.2, 0.25) is 0 Å². The molecule has 0 aliphatic carbocycles. The fraction of sp³-hybridized carbons (Fsp3) is 0.455. The van der Waals surface area contributed by atoms with Gasteiger partial charge in [0.05, 0.1) is 0 Å². The van der Waals surface area contributed by atoms with Gasteiger partial charge >= 0.3 is 0 Å². The van der Waals surface area contributed by atoms with Gasteiger partial charge in [0.1, 0.15) is 0 Å². The Labute approximate surface area is 136 Å². The standard InChI is InChI=1S/C22H30/c1-17-11-13-21(15-19(17)3)9-7-5-6-8-10-22-14-12-18(2)20(4)16-22/h11-16H,5-10H2,1-4H3. The van der Waals surface area contributed by atoms with Gasteiger partial charge in [-0.3, -0.25) is 0 Å². The molecule has 0 aliphatic rings. The second-order valence-corrected chi connectivity index (χ2v) is 6.75. The SMILES string of the molecule is Cc1ccc(CCCCCCc2ccc(C)c(C)c2)cc1C. The molecule has 0 N–H and O–H groups in total. The third-order valence-electron chi connectivity index (χ3n) is 4.82. The van der Waals surface area contributed by atoms with E-state index in [2.05, 4.69) is 64.1 Å². The third kappa shape index (κ3) is 5.02. The van der Waals surface area contributed by atoms with Crippen LogP contribution in [0, 0.1) is 27.7 Å². The highest BCUT2D eigenvalue weighted by Crippen LogP contribution is 2.15. The van der Waals surface area contributed by atoms with Gasteiger partial charge in [0.15, 0.2) is 0 Å². The number of hydrogen-bond acceptors (Lipinski definition) is 0. The fourth-order valence-corrected chi connectivity index (χ4v) is 2.93. The number of benzene rings is 2. The van der Waals surface area contributed by atoms with Gasteiger partial charge in [0.2, 0.25) is 0 Å². The van der Waals surface area contributed by atoms with Crippen LogP contribution in [-0.2, 0) is 12.8 Å². The molecule has 0 saturated heterocycles. The largest absolute Gasteiger partial charge is 0.0588 e. The molecule has 2 aromatic rings. The Morgan fingerprint density at radius 3 is 1.27 bits per heavy atom. The zero-order valence-corrected chi connectivity index (χ0v) is 14.7. The van der Waals surface area contributed by atoms with E-state index in [0.29, 0.717) is 0 Å². The molecule has 0 aromatic heterocycles. The summed E-state index contributed by atoms with van der Waals surface area (Å²) < 4.78 is 0. The fourth-order valence-electron chi connectivity index (χ4n) is 2.93. The highest BCUT2D eigenvalue weighted by atomic mass is 14.0. The van der Waals surface area contributed by atoms with Crippen molar-refractivity contribution >= 4 is 0 Å². The van der Waals surface area contributed by atoms with Crippen LogP contribution in [0.15, 0.2) is 36.4 Å². The molecule has 2 rings (SSSR count). The van der Waals surface area contributed by atoms with E-state index >= 15 is 0 Å². The molecule has 2 aromatic carbocycles. The van der Waals surface area contributed by atoms with Crippen molar-refractivity contribution in [2.45, 2.75) is 66.2 Å². The highest BCUT2D eigenvalue weighted by molar-refractivity contribution is 5.30. The molecule has 0 fully saturated rings. The van der Waals surface area contributed by atoms with E-state index in [1.807, 2.05) is 0 Å². The normalized spacial score (nSPS) is 10.9. The van der Waals surface area contributed by atoms with Crippen molar-refractivity contribution in [2.24, 2.45) is 0 Å². The maximum absolute atomic E-state index is 2.35. The summed E-state index contributed by atoms with van der Waals surface area (Å²) in [6.45, 7) is 8.79. The average Bonchev–Trinajstić information content (AvgIpc) is 2.50. The van der Waals surface area contributed by atoms with E-state index in [4.69, 9.17) is 0 Å². The van der Waals surface area contributed by atoms with Crippen molar-refractivity contribution in [3.05, 3.63) is 69.8 Å². The van der Waals surface area contributed by atoms with E-state index in [1.165, 1.54) is 71.9 Å². The zero-order valence-electron chi connectivity index (χ0n) is 14.7. The molecule has 118 valence electrons. The van der Waals surface area contributed by atoms with Crippen LogP contribution in [0.25, 0.3) is 0 Å². The Morgan fingerprint density at radius 2 is 0.909 bits per heavy atom. The molecule has 0 spiro atoms. The summed E-state index contributed by atoms with van der Waals surface area (Å²) in [6, 6.07) is 13.8. The molecule has 0 nitrogen and oxygen atoms in total. The molecular weight excluding hydrogens is 264 g/mol. The molecule has 0 heteroatoms. The van der Waals surface area contributed by atoms with Crippen LogP contribution in [-0.4, -0.2) is 0 Å². The monoisotopic (exact) mass is 294 g/mol. The summed E-state index contributed by atoms with van der Waals surface area (Å²) >= 11 is 0. The number of rotatable bonds is 7. The van der Waals surface area contributed by atoms with Gasteiger partial charge in [-0.2, -0.15) is 0 Å². The average molecular weight is 294 g/mol. The Balaban J connectivity index is 1.65. The van der Waals surface area contributed by atoms with Gasteiger partial charge in [-0.05, 0) is 86.8 Å². The van der Waals surface area contributed by atoms with Crippen LogP contribution >= 0.6 is 0 Å². The van der Waals surface area contributed by atoms with Crippen LogP contribution in [0.3, 0.4) is 0 Å². The molecule has 0 saturated carbocycles. The molecule has 0 atom stereocenters. The van der Waals surface area contributed by atoms with Crippen molar-refractivity contribution in [1.29, 1.82) is 0 Å². The van der Waals surface area contributed by atoms with E-state index < -0.39 is 0 Å². The minimum atomic E-state index is 1.23. The lowest BCUT2D eigenvalue weighted by molar-refractivity contribution is 0.640. The third-order valence-corrected chi connectivity index (χ3v) is 4.82. The lowest BCUT2D eigenvalue weighted by Gasteiger charge is -2.07. The van der Waals surface area contributed by atoms with E-state index in [1.54, 1.807) is 0 Å². The quantitative estimate of drug-likeness (QED) is 0.528. The molecule has 22 heavy (non-hydrogen) atoms. The zero-order chi connectivity index (χ0) is 15.9. The van der Waals surface area contributed by atoms with E-state index in [-0.39, 0.29) is 0 Å². The summed E-state index contributed by atoms with van der Waals surface area (Å²) in [5, 5.41) is 0. The van der Waals surface area contributed by atoms with Crippen LogP contribution in [0.1, 0.15) is 59.1 Å². The first-order valence-electron chi connectivity index (χ1n) is 8.68. The summed E-state index contributed by atoms with van der Waals surface area (Å²) in [4.78, 5) is 0. The minimum Gasteiger partial charge on any atom is -0.0588 e. The predicted octanol–water partition coefficient (Wildman–Crippen LogP) is 6.27. The van der Waals surface area contributed by atoms with Crippen LogP contribution < -0.4 is 0 Å². The Bertz CT molecular complexity index is 552. The summed E-state index contributed by atoms with van der Waals surface area (Å²) in [6.07, 6.45) is 7.77. The predicted molar refractivity (Wildman–Crippen MR) is 97.7 cm³/mol. The first-order valence-corrected chi connectivity index (χ1v) is 8.68. The number of hydrogen-bond donors (Lipinski definition) is 0. The van der Waals surface area contributed by atoms with E-state index in [0.717, 1.165) is 0 Å². The lowest BCUT2D eigenvalue weighted by Crippen LogP contribution is -1.91. The van der Waals surface area contributed by atoms with Crippen LogP contribution in [0.4, 0.5) is 0 Å². The van der Waals surface area contributed by atoms with Gasteiger partial charge in [-0.25, -0.2) is 0 Å². The smallest absolute Gasteiger partial charge is 0.0279 e.